The van der Waals surface area contributed by atoms with Crippen LogP contribution in [-0.2, 0) is 0 Å². The lowest BCUT2D eigenvalue weighted by atomic mass is 9.98. The van der Waals surface area contributed by atoms with E-state index < -0.39 is 5.91 Å². The third-order valence-electron chi connectivity index (χ3n) is 5.06. The summed E-state index contributed by atoms with van der Waals surface area (Å²) in [7, 11) is 0. The van der Waals surface area contributed by atoms with Crippen molar-refractivity contribution in [1.82, 2.24) is 4.90 Å². The van der Waals surface area contributed by atoms with Crippen LogP contribution in [0.1, 0.15) is 57.8 Å². The summed E-state index contributed by atoms with van der Waals surface area (Å²) in [6, 6.07) is 26.1. The molecule has 142 valence electrons. The fourth-order valence-corrected chi connectivity index (χ4v) is 3.50. The number of carbonyl (C=O) groups excluding carboxylic acids is 2. The summed E-state index contributed by atoms with van der Waals surface area (Å²) >= 11 is 0. The third kappa shape index (κ3) is 3.96. The highest BCUT2D eigenvalue weighted by molar-refractivity contribution is 6.06. The molecule has 0 radical (unpaired) electrons. The minimum Gasteiger partial charge on any atom is -0.366 e. The van der Waals surface area contributed by atoms with E-state index in [1.807, 2.05) is 79.4 Å². The summed E-state index contributed by atoms with van der Waals surface area (Å²) in [5.41, 5.74) is 8.12. The maximum Gasteiger partial charge on any atom is 0.255 e. The topological polar surface area (TPSA) is 63.4 Å². The quantitative estimate of drug-likeness (QED) is 0.679. The Balaban J connectivity index is 2.08. The lowest BCUT2D eigenvalue weighted by Gasteiger charge is -2.36. The molecule has 0 bridgehead atoms. The molecule has 2 amide bonds. The molecule has 0 heterocycles. The van der Waals surface area contributed by atoms with Crippen molar-refractivity contribution in [2.45, 2.75) is 25.9 Å². The van der Waals surface area contributed by atoms with E-state index in [2.05, 4.69) is 0 Å². The molecule has 0 spiro atoms. The van der Waals surface area contributed by atoms with Crippen molar-refractivity contribution >= 4 is 11.8 Å². The molecule has 28 heavy (non-hydrogen) atoms. The first-order valence-corrected chi connectivity index (χ1v) is 9.32. The van der Waals surface area contributed by atoms with Crippen LogP contribution in [0.15, 0.2) is 84.9 Å². The Kier molecular flexibility index (Phi) is 5.90. The van der Waals surface area contributed by atoms with Gasteiger partial charge in [-0.15, -0.1) is 0 Å². The summed E-state index contributed by atoms with van der Waals surface area (Å²) in [6.45, 7) is 4.00. The van der Waals surface area contributed by atoms with Crippen LogP contribution in [0.5, 0.6) is 0 Å². The maximum atomic E-state index is 13.6. The van der Waals surface area contributed by atoms with Crippen LogP contribution in [0.2, 0.25) is 0 Å². The maximum absolute atomic E-state index is 13.6. The summed E-state index contributed by atoms with van der Waals surface area (Å²) in [6.07, 6.45) is 0. The van der Waals surface area contributed by atoms with E-state index in [9.17, 15) is 9.59 Å². The van der Waals surface area contributed by atoms with Crippen LogP contribution in [0.25, 0.3) is 0 Å². The molecule has 0 fully saturated rings. The van der Waals surface area contributed by atoms with Crippen molar-refractivity contribution in [3.05, 3.63) is 107 Å². The van der Waals surface area contributed by atoms with Crippen molar-refractivity contribution in [3.8, 4) is 0 Å². The molecule has 0 saturated heterocycles. The fraction of sp³-hybridized carbons (Fsp3) is 0.167. The van der Waals surface area contributed by atoms with Gasteiger partial charge in [-0.05, 0) is 37.1 Å². The van der Waals surface area contributed by atoms with Crippen molar-refractivity contribution in [3.63, 3.8) is 0 Å². The minimum absolute atomic E-state index is 0.190. The minimum atomic E-state index is -0.608. The van der Waals surface area contributed by atoms with Gasteiger partial charge in [-0.1, -0.05) is 72.8 Å². The summed E-state index contributed by atoms with van der Waals surface area (Å²) < 4.78 is 0. The predicted molar refractivity (Wildman–Crippen MR) is 111 cm³/mol. The second-order valence-electron chi connectivity index (χ2n) is 6.80. The van der Waals surface area contributed by atoms with Crippen molar-refractivity contribution in [2.75, 3.05) is 0 Å². The van der Waals surface area contributed by atoms with Gasteiger partial charge in [-0.2, -0.15) is 0 Å². The standard InChI is InChI=1S/C24H24N2O2/c1-17(19-11-5-3-6-12-19)26(18(2)20-13-7-4-8-14-20)24(28)22-16-10-9-15-21(22)23(25)27/h3-18H,1-2H3,(H2,25,27)/t17-,18-/m0/s1. The van der Waals surface area contributed by atoms with E-state index in [0.717, 1.165) is 11.1 Å². The smallest absolute Gasteiger partial charge is 0.255 e. The highest BCUT2D eigenvalue weighted by atomic mass is 16.2. The number of hydrogen-bond donors (Lipinski definition) is 1. The Morgan fingerprint density at radius 1 is 0.679 bits per heavy atom. The average Bonchev–Trinajstić information content (AvgIpc) is 2.74. The van der Waals surface area contributed by atoms with Crippen LogP contribution >= 0.6 is 0 Å². The predicted octanol–water partition coefficient (Wildman–Crippen LogP) is 4.75. The number of hydrogen-bond acceptors (Lipinski definition) is 2. The lowest BCUT2D eigenvalue weighted by Crippen LogP contribution is -2.37. The average molecular weight is 372 g/mol. The van der Waals surface area contributed by atoms with Gasteiger partial charge in [0.25, 0.3) is 5.91 Å². The molecule has 4 heteroatoms. The van der Waals surface area contributed by atoms with Crippen LogP contribution in [0.3, 0.4) is 0 Å². The molecule has 3 aromatic rings. The first-order valence-electron chi connectivity index (χ1n) is 9.32. The normalized spacial score (nSPS) is 12.8. The fourth-order valence-electron chi connectivity index (χ4n) is 3.50. The molecule has 0 saturated carbocycles. The molecule has 2 atom stereocenters. The highest BCUT2D eigenvalue weighted by Crippen LogP contribution is 2.32. The van der Waals surface area contributed by atoms with Gasteiger partial charge < -0.3 is 10.6 Å². The second kappa shape index (κ2) is 8.53. The van der Waals surface area contributed by atoms with Crippen LogP contribution in [0.4, 0.5) is 0 Å². The lowest BCUT2D eigenvalue weighted by molar-refractivity contribution is 0.0600. The van der Waals surface area contributed by atoms with Crippen LogP contribution in [0, 0.1) is 0 Å². The van der Waals surface area contributed by atoms with Crippen molar-refractivity contribution in [1.29, 1.82) is 0 Å². The molecule has 0 aliphatic heterocycles. The zero-order valence-electron chi connectivity index (χ0n) is 16.1. The van der Waals surface area contributed by atoms with E-state index >= 15 is 0 Å². The highest BCUT2D eigenvalue weighted by Gasteiger charge is 2.30. The number of benzene rings is 3. The molecule has 0 aliphatic carbocycles. The molecule has 3 aromatic carbocycles. The Morgan fingerprint density at radius 2 is 1.07 bits per heavy atom. The Hall–Kier alpha value is -3.40. The van der Waals surface area contributed by atoms with Gasteiger partial charge in [-0.25, -0.2) is 0 Å². The van der Waals surface area contributed by atoms with E-state index in [-0.39, 0.29) is 23.6 Å². The molecule has 3 rings (SSSR count). The Labute approximate surface area is 165 Å². The SMILES string of the molecule is C[C@@H](c1ccccc1)N(C(=O)c1ccccc1C(N)=O)[C@@H](C)c1ccccc1. The zero-order valence-corrected chi connectivity index (χ0v) is 16.1. The van der Waals surface area contributed by atoms with Gasteiger partial charge in [-0.3, -0.25) is 9.59 Å². The molecule has 0 unspecified atom stereocenters. The van der Waals surface area contributed by atoms with E-state index in [1.54, 1.807) is 24.3 Å². The van der Waals surface area contributed by atoms with E-state index in [1.165, 1.54) is 0 Å². The number of primary amides is 1. The van der Waals surface area contributed by atoms with Crippen molar-refractivity contribution in [2.24, 2.45) is 5.73 Å². The Morgan fingerprint density at radius 3 is 1.50 bits per heavy atom. The number of amides is 2. The molecule has 2 N–H and O–H groups in total. The summed E-state index contributed by atoms with van der Waals surface area (Å²) in [4.78, 5) is 27.3. The summed E-state index contributed by atoms with van der Waals surface area (Å²) in [5.74, 6) is -0.828. The molecule has 0 aliphatic rings. The number of rotatable bonds is 6. The zero-order chi connectivity index (χ0) is 20.1. The van der Waals surface area contributed by atoms with Gasteiger partial charge in [0.05, 0.1) is 23.2 Å². The number of carbonyl (C=O) groups is 2. The monoisotopic (exact) mass is 372 g/mol. The van der Waals surface area contributed by atoms with E-state index in [0.29, 0.717) is 5.56 Å². The number of nitrogens with two attached hydrogens (primary N) is 1. The Bertz CT molecular complexity index is 909. The molecular weight excluding hydrogens is 348 g/mol. The van der Waals surface area contributed by atoms with Crippen molar-refractivity contribution < 1.29 is 9.59 Å². The summed E-state index contributed by atoms with van der Waals surface area (Å²) in [5, 5.41) is 0. The van der Waals surface area contributed by atoms with Gasteiger partial charge in [0, 0.05) is 0 Å². The second-order valence-corrected chi connectivity index (χ2v) is 6.80. The van der Waals surface area contributed by atoms with Gasteiger partial charge in [0.15, 0.2) is 0 Å². The first kappa shape index (κ1) is 19.4. The first-order chi connectivity index (χ1) is 13.5. The van der Waals surface area contributed by atoms with Gasteiger partial charge in [0.2, 0.25) is 5.91 Å². The van der Waals surface area contributed by atoms with Crippen LogP contribution < -0.4 is 5.73 Å². The third-order valence-corrected chi connectivity index (χ3v) is 5.06. The molecule has 0 aromatic heterocycles. The van der Waals surface area contributed by atoms with Crippen LogP contribution in [-0.4, -0.2) is 16.7 Å². The largest absolute Gasteiger partial charge is 0.366 e. The number of nitrogens with zero attached hydrogens (tertiary/aromatic N) is 1. The molecule has 4 nitrogen and oxygen atoms in total. The van der Waals surface area contributed by atoms with E-state index in [4.69, 9.17) is 5.73 Å². The van der Waals surface area contributed by atoms with Gasteiger partial charge >= 0.3 is 0 Å². The van der Waals surface area contributed by atoms with Gasteiger partial charge in [0.1, 0.15) is 0 Å². The molecular formula is C24H24N2O2.